The molecule has 8 heteroatoms. The number of imidazole rings is 1. The Balaban J connectivity index is 1.40. The highest BCUT2D eigenvalue weighted by atomic mass is 35.5. The van der Waals surface area contributed by atoms with Crippen LogP contribution in [-0.4, -0.2) is 33.3 Å². The molecule has 166 valence electrons. The summed E-state index contributed by atoms with van der Waals surface area (Å²) in [6.45, 7) is 1.09. The largest absolute Gasteiger partial charge is 0.467 e. The summed E-state index contributed by atoms with van der Waals surface area (Å²) >= 11 is 5.90. The van der Waals surface area contributed by atoms with E-state index in [1.165, 1.54) is 0 Å². The standard InChI is InChI=1S/C24H24ClN3O4/c25-18-9-7-17(8-10-18)13-26-24(30)12-23-27-21-5-1-2-6-22(21)28(23)14-19(29)15-31-16-20-4-3-11-32-20/h1-11,19,29H,12-16H2,(H,26,30). The summed E-state index contributed by atoms with van der Waals surface area (Å²) in [6.07, 6.45) is 0.914. The lowest BCUT2D eigenvalue weighted by Gasteiger charge is -2.15. The van der Waals surface area contributed by atoms with Gasteiger partial charge in [-0.05, 0) is 42.0 Å². The fourth-order valence-electron chi connectivity index (χ4n) is 3.43. The molecule has 1 atom stereocenters. The summed E-state index contributed by atoms with van der Waals surface area (Å²) in [4.78, 5) is 17.2. The van der Waals surface area contributed by atoms with E-state index >= 15 is 0 Å². The molecule has 0 saturated heterocycles. The van der Waals surface area contributed by atoms with Gasteiger partial charge in [0.05, 0.1) is 43.0 Å². The van der Waals surface area contributed by atoms with E-state index in [2.05, 4.69) is 10.3 Å². The number of amides is 1. The first-order chi connectivity index (χ1) is 15.6. The first-order valence-electron chi connectivity index (χ1n) is 10.3. The van der Waals surface area contributed by atoms with Gasteiger partial charge in [-0.3, -0.25) is 4.79 Å². The van der Waals surface area contributed by atoms with E-state index in [0.29, 0.717) is 23.2 Å². The molecular weight excluding hydrogens is 430 g/mol. The Morgan fingerprint density at radius 1 is 1.16 bits per heavy atom. The zero-order valence-electron chi connectivity index (χ0n) is 17.4. The Morgan fingerprint density at radius 2 is 1.97 bits per heavy atom. The minimum Gasteiger partial charge on any atom is -0.467 e. The fraction of sp³-hybridized carbons (Fsp3) is 0.250. The number of ether oxygens (including phenoxy) is 1. The normalized spacial score (nSPS) is 12.2. The molecular formula is C24H24ClN3O4. The van der Waals surface area contributed by atoms with Crippen LogP contribution in [0.25, 0.3) is 11.0 Å². The molecule has 0 radical (unpaired) electrons. The van der Waals surface area contributed by atoms with Crippen molar-refractivity contribution < 1.29 is 19.1 Å². The average Bonchev–Trinajstić information content (AvgIpc) is 3.42. The van der Waals surface area contributed by atoms with Crippen LogP contribution in [-0.2, 0) is 35.6 Å². The van der Waals surface area contributed by atoms with E-state index < -0.39 is 6.10 Å². The molecule has 2 aromatic heterocycles. The first-order valence-corrected chi connectivity index (χ1v) is 10.7. The molecule has 0 saturated carbocycles. The van der Waals surface area contributed by atoms with Gasteiger partial charge in [-0.2, -0.15) is 0 Å². The Labute approximate surface area is 190 Å². The third kappa shape index (κ3) is 5.76. The molecule has 32 heavy (non-hydrogen) atoms. The summed E-state index contributed by atoms with van der Waals surface area (Å²) in [5, 5.41) is 14.1. The van der Waals surface area contributed by atoms with Crippen LogP contribution >= 0.6 is 11.6 Å². The number of fused-ring (bicyclic) bond motifs is 1. The number of hydrogen-bond acceptors (Lipinski definition) is 5. The van der Waals surface area contributed by atoms with Crippen molar-refractivity contribution in [2.45, 2.75) is 32.2 Å². The summed E-state index contributed by atoms with van der Waals surface area (Å²) in [5.74, 6) is 1.13. The monoisotopic (exact) mass is 453 g/mol. The number of aliphatic hydroxyl groups excluding tert-OH is 1. The van der Waals surface area contributed by atoms with Gasteiger partial charge in [0.1, 0.15) is 18.2 Å². The van der Waals surface area contributed by atoms with Crippen LogP contribution in [0.2, 0.25) is 5.02 Å². The molecule has 0 aliphatic rings. The Morgan fingerprint density at radius 3 is 2.75 bits per heavy atom. The number of halogens is 1. The zero-order valence-corrected chi connectivity index (χ0v) is 18.2. The lowest BCUT2D eigenvalue weighted by atomic mass is 10.2. The summed E-state index contributed by atoms with van der Waals surface area (Å²) < 4.78 is 12.7. The van der Waals surface area contributed by atoms with Gasteiger partial charge < -0.3 is 24.1 Å². The predicted octanol–water partition coefficient (Wildman–Crippen LogP) is 3.72. The quantitative estimate of drug-likeness (QED) is 0.382. The topological polar surface area (TPSA) is 89.5 Å². The molecule has 2 aromatic carbocycles. The van der Waals surface area contributed by atoms with Gasteiger partial charge >= 0.3 is 0 Å². The number of rotatable bonds is 10. The van der Waals surface area contributed by atoms with Crippen molar-refractivity contribution in [1.29, 1.82) is 0 Å². The number of para-hydroxylation sites is 2. The number of carbonyl (C=O) groups is 1. The molecule has 4 aromatic rings. The predicted molar refractivity (Wildman–Crippen MR) is 121 cm³/mol. The van der Waals surface area contributed by atoms with Crippen molar-refractivity contribution in [2.24, 2.45) is 0 Å². The first kappa shape index (κ1) is 22.1. The Bertz CT molecular complexity index is 1160. The van der Waals surface area contributed by atoms with Crippen LogP contribution in [0.4, 0.5) is 0 Å². The molecule has 0 aliphatic carbocycles. The number of benzene rings is 2. The fourth-order valence-corrected chi connectivity index (χ4v) is 3.55. The molecule has 0 aliphatic heterocycles. The number of aromatic nitrogens is 2. The van der Waals surface area contributed by atoms with Gasteiger partial charge in [-0.1, -0.05) is 35.9 Å². The van der Waals surface area contributed by atoms with Crippen LogP contribution < -0.4 is 5.32 Å². The lowest BCUT2D eigenvalue weighted by Crippen LogP contribution is -2.28. The van der Waals surface area contributed by atoms with Crippen molar-refractivity contribution in [3.8, 4) is 0 Å². The number of nitrogens with one attached hydrogen (secondary N) is 1. The maximum Gasteiger partial charge on any atom is 0.227 e. The van der Waals surface area contributed by atoms with Gasteiger partial charge in [-0.15, -0.1) is 0 Å². The smallest absolute Gasteiger partial charge is 0.227 e. The van der Waals surface area contributed by atoms with E-state index in [1.807, 2.05) is 47.0 Å². The van der Waals surface area contributed by atoms with Crippen molar-refractivity contribution in [3.63, 3.8) is 0 Å². The Hall–Kier alpha value is -3.13. The van der Waals surface area contributed by atoms with Crippen LogP contribution in [0.5, 0.6) is 0 Å². The highest BCUT2D eigenvalue weighted by molar-refractivity contribution is 6.30. The highest BCUT2D eigenvalue weighted by Gasteiger charge is 2.17. The highest BCUT2D eigenvalue weighted by Crippen LogP contribution is 2.18. The number of aliphatic hydroxyl groups is 1. The van der Waals surface area contributed by atoms with Gasteiger partial charge in [-0.25, -0.2) is 4.98 Å². The second-order valence-electron chi connectivity index (χ2n) is 7.46. The van der Waals surface area contributed by atoms with Gasteiger partial charge in [0.15, 0.2) is 0 Å². The number of nitrogens with zero attached hydrogens (tertiary/aromatic N) is 2. The third-order valence-electron chi connectivity index (χ3n) is 4.98. The molecule has 7 nitrogen and oxygen atoms in total. The van der Waals surface area contributed by atoms with E-state index in [0.717, 1.165) is 16.6 Å². The van der Waals surface area contributed by atoms with Crippen molar-refractivity contribution in [3.05, 3.63) is 89.1 Å². The molecule has 0 fully saturated rings. The lowest BCUT2D eigenvalue weighted by molar-refractivity contribution is -0.120. The minimum absolute atomic E-state index is 0.0994. The van der Waals surface area contributed by atoms with Crippen LogP contribution in [0.3, 0.4) is 0 Å². The molecule has 0 spiro atoms. The number of furan rings is 1. The van der Waals surface area contributed by atoms with Crippen molar-refractivity contribution in [1.82, 2.24) is 14.9 Å². The van der Waals surface area contributed by atoms with E-state index in [9.17, 15) is 9.90 Å². The van der Waals surface area contributed by atoms with Crippen molar-refractivity contribution >= 4 is 28.5 Å². The van der Waals surface area contributed by atoms with Crippen LogP contribution in [0, 0.1) is 0 Å². The maximum atomic E-state index is 12.6. The molecule has 2 heterocycles. The average molecular weight is 454 g/mol. The minimum atomic E-state index is -0.765. The van der Waals surface area contributed by atoms with E-state index in [-0.39, 0.29) is 32.1 Å². The van der Waals surface area contributed by atoms with Gasteiger partial charge in [0.2, 0.25) is 5.91 Å². The summed E-state index contributed by atoms with van der Waals surface area (Å²) in [7, 11) is 0. The number of carbonyl (C=O) groups excluding carboxylic acids is 1. The summed E-state index contributed by atoms with van der Waals surface area (Å²) in [5.41, 5.74) is 2.59. The molecule has 1 amide bonds. The molecule has 0 bridgehead atoms. The SMILES string of the molecule is O=C(Cc1nc2ccccc2n1CC(O)COCc1ccco1)NCc1ccc(Cl)cc1. The molecule has 4 rings (SSSR count). The second kappa shape index (κ2) is 10.5. The molecule has 1 unspecified atom stereocenters. The van der Waals surface area contributed by atoms with Gasteiger partial charge in [0.25, 0.3) is 0 Å². The third-order valence-corrected chi connectivity index (χ3v) is 5.24. The molecule has 2 N–H and O–H groups in total. The van der Waals surface area contributed by atoms with Gasteiger partial charge in [0, 0.05) is 11.6 Å². The van der Waals surface area contributed by atoms with Crippen LogP contribution in [0.1, 0.15) is 17.1 Å². The zero-order chi connectivity index (χ0) is 22.3. The number of hydrogen-bond donors (Lipinski definition) is 2. The maximum absolute atomic E-state index is 12.6. The Kier molecular flexibility index (Phi) is 7.21. The van der Waals surface area contributed by atoms with Crippen molar-refractivity contribution in [2.75, 3.05) is 6.61 Å². The van der Waals surface area contributed by atoms with E-state index in [1.54, 1.807) is 24.5 Å². The summed E-state index contributed by atoms with van der Waals surface area (Å²) in [6, 6.07) is 18.5. The second-order valence-corrected chi connectivity index (χ2v) is 7.89. The van der Waals surface area contributed by atoms with E-state index in [4.69, 9.17) is 20.8 Å². The van der Waals surface area contributed by atoms with Crippen LogP contribution in [0.15, 0.2) is 71.3 Å².